The van der Waals surface area contributed by atoms with Crippen molar-refractivity contribution in [3.05, 3.63) is 35.1 Å². The molecule has 1 saturated carbocycles. The Morgan fingerprint density at radius 2 is 2.19 bits per heavy atom. The van der Waals surface area contributed by atoms with Gasteiger partial charge in [0.1, 0.15) is 5.82 Å². The fraction of sp³-hybridized carbons (Fsp3) is 0.429. The molecule has 0 radical (unpaired) electrons. The number of hydrogen-bond donors (Lipinski definition) is 4. The second kappa shape index (κ2) is 7.03. The fourth-order valence-electron chi connectivity index (χ4n) is 1.98. The van der Waals surface area contributed by atoms with E-state index < -0.39 is 5.82 Å². The maximum Gasteiger partial charge on any atom is 0.223 e. The molecule has 0 unspecified atom stereocenters. The first-order valence-electron chi connectivity index (χ1n) is 6.86. The number of carbonyl (C=O) groups excluding carboxylic acids is 1. The number of carbonyl (C=O) groups is 1. The summed E-state index contributed by atoms with van der Waals surface area (Å²) in [6.45, 7) is 1.56. The summed E-state index contributed by atoms with van der Waals surface area (Å²) in [5.74, 6) is -0.268. The standard InChI is InChI=1S/C14H19FN4O2/c15-11-4-3-10(12(7-11)13(16)19-21)8-17-5-6-18-14(20)9-1-2-9/h3-4,7,9,17,21H,1-2,5-6,8H2,(H2,16,19)(H,18,20). The van der Waals surface area contributed by atoms with Gasteiger partial charge in [0.2, 0.25) is 5.91 Å². The van der Waals surface area contributed by atoms with E-state index in [4.69, 9.17) is 10.9 Å². The Labute approximate surface area is 122 Å². The van der Waals surface area contributed by atoms with E-state index in [0.29, 0.717) is 25.2 Å². The van der Waals surface area contributed by atoms with Crippen LogP contribution < -0.4 is 16.4 Å². The first-order chi connectivity index (χ1) is 10.1. The third kappa shape index (κ3) is 4.42. The number of nitrogens with two attached hydrogens (primary N) is 1. The lowest BCUT2D eigenvalue weighted by Gasteiger charge is -2.10. The molecular weight excluding hydrogens is 275 g/mol. The Balaban J connectivity index is 1.80. The monoisotopic (exact) mass is 294 g/mol. The number of nitrogens with one attached hydrogen (secondary N) is 2. The van der Waals surface area contributed by atoms with E-state index in [9.17, 15) is 9.18 Å². The van der Waals surface area contributed by atoms with Gasteiger partial charge in [-0.25, -0.2) is 4.39 Å². The molecule has 1 aromatic rings. The van der Waals surface area contributed by atoms with E-state index in [1.54, 1.807) is 6.07 Å². The maximum absolute atomic E-state index is 13.2. The number of halogens is 1. The molecule has 1 aliphatic rings. The first-order valence-corrected chi connectivity index (χ1v) is 6.86. The number of oxime groups is 1. The van der Waals surface area contributed by atoms with Crippen molar-refractivity contribution in [2.75, 3.05) is 13.1 Å². The van der Waals surface area contributed by atoms with Gasteiger partial charge in [-0.05, 0) is 30.5 Å². The molecule has 0 aromatic heterocycles. The average Bonchev–Trinajstić information content (AvgIpc) is 3.31. The molecule has 1 aliphatic carbocycles. The molecule has 0 aliphatic heterocycles. The number of amides is 1. The summed E-state index contributed by atoms with van der Waals surface area (Å²) < 4.78 is 13.2. The summed E-state index contributed by atoms with van der Waals surface area (Å²) in [6, 6.07) is 4.12. The van der Waals surface area contributed by atoms with Gasteiger partial charge in [-0.2, -0.15) is 0 Å². The molecule has 0 bridgehead atoms. The zero-order chi connectivity index (χ0) is 15.2. The van der Waals surface area contributed by atoms with Gasteiger partial charge >= 0.3 is 0 Å². The van der Waals surface area contributed by atoms with Gasteiger partial charge in [-0.15, -0.1) is 0 Å². The lowest BCUT2D eigenvalue weighted by Crippen LogP contribution is -2.32. The zero-order valence-corrected chi connectivity index (χ0v) is 11.6. The molecular formula is C14H19FN4O2. The summed E-state index contributed by atoms with van der Waals surface area (Å²) in [5, 5.41) is 17.6. The van der Waals surface area contributed by atoms with E-state index in [1.807, 2.05) is 0 Å². The molecule has 5 N–H and O–H groups in total. The van der Waals surface area contributed by atoms with Crippen LogP contribution in [0.15, 0.2) is 23.4 Å². The highest BCUT2D eigenvalue weighted by Gasteiger charge is 2.28. The number of benzene rings is 1. The molecule has 1 amide bonds. The van der Waals surface area contributed by atoms with Crippen molar-refractivity contribution < 1.29 is 14.4 Å². The third-order valence-electron chi connectivity index (χ3n) is 3.32. The molecule has 1 aromatic carbocycles. The molecule has 0 saturated heterocycles. The Bertz CT molecular complexity index is 544. The summed E-state index contributed by atoms with van der Waals surface area (Å²) in [4.78, 5) is 11.4. The summed E-state index contributed by atoms with van der Waals surface area (Å²) in [7, 11) is 0. The molecule has 2 rings (SSSR count). The van der Waals surface area contributed by atoms with Gasteiger partial charge in [0.25, 0.3) is 0 Å². The van der Waals surface area contributed by atoms with Gasteiger partial charge in [-0.3, -0.25) is 4.79 Å². The number of nitrogens with zero attached hydrogens (tertiary/aromatic N) is 1. The van der Waals surface area contributed by atoms with E-state index in [-0.39, 0.29) is 17.7 Å². The molecule has 21 heavy (non-hydrogen) atoms. The highest BCUT2D eigenvalue weighted by molar-refractivity contribution is 5.98. The van der Waals surface area contributed by atoms with Crippen molar-refractivity contribution in [3.63, 3.8) is 0 Å². The van der Waals surface area contributed by atoms with Crippen molar-refractivity contribution in [1.82, 2.24) is 10.6 Å². The minimum absolute atomic E-state index is 0.107. The van der Waals surface area contributed by atoms with Crippen LogP contribution in [0.4, 0.5) is 4.39 Å². The molecule has 0 atom stereocenters. The number of rotatable bonds is 7. The van der Waals surface area contributed by atoms with Crippen LogP contribution in [0.3, 0.4) is 0 Å². The summed E-state index contributed by atoms with van der Waals surface area (Å²) in [5.41, 5.74) is 6.60. The van der Waals surface area contributed by atoms with E-state index in [0.717, 1.165) is 18.4 Å². The van der Waals surface area contributed by atoms with Crippen LogP contribution in [0.1, 0.15) is 24.0 Å². The maximum atomic E-state index is 13.2. The Morgan fingerprint density at radius 1 is 1.43 bits per heavy atom. The van der Waals surface area contributed by atoms with Crippen molar-refractivity contribution in [1.29, 1.82) is 0 Å². The SMILES string of the molecule is N/C(=N/O)c1cc(F)ccc1CNCCNC(=O)C1CC1. The van der Waals surface area contributed by atoms with Crippen LogP contribution in [0.2, 0.25) is 0 Å². The van der Waals surface area contributed by atoms with Crippen LogP contribution in [-0.2, 0) is 11.3 Å². The van der Waals surface area contributed by atoms with E-state index in [2.05, 4.69) is 15.8 Å². The largest absolute Gasteiger partial charge is 0.409 e. The second-order valence-corrected chi connectivity index (χ2v) is 5.03. The van der Waals surface area contributed by atoms with E-state index >= 15 is 0 Å². The lowest BCUT2D eigenvalue weighted by atomic mass is 10.1. The molecule has 0 heterocycles. The van der Waals surface area contributed by atoms with Gasteiger partial charge in [0, 0.05) is 31.1 Å². The predicted molar refractivity (Wildman–Crippen MR) is 76.4 cm³/mol. The molecule has 114 valence electrons. The van der Waals surface area contributed by atoms with Crippen molar-refractivity contribution in [2.45, 2.75) is 19.4 Å². The van der Waals surface area contributed by atoms with Gasteiger partial charge in [0.15, 0.2) is 5.84 Å². The topological polar surface area (TPSA) is 99.7 Å². The molecule has 1 fully saturated rings. The highest BCUT2D eigenvalue weighted by atomic mass is 19.1. The first kappa shape index (κ1) is 15.2. The van der Waals surface area contributed by atoms with Crippen LogP contribution in [0, 0.1) is 11.7 Å². The summed E-state index contributed by atoms with van der Waals surface area (Å²) in [6.07, 6.45) is 1.97. The molecule has 0 spiro atoms. The lowest BCUT2D eigenvalue weighted by molar-refractivity contribution is -0.122. The number of hydrogen-bond acceptors (Lipinski definition) is 4. The Hall–Kier alpha value is -2.15. The van der Waals surface area contributed by atoms with Crippen LogP contribution in [-0.4, -0.2) is 30.0 Å². The van der Waals surface area contributed by atoms with Crippen LogP contribution >= 0.6 is 0 Å². The fourth-order valence-corrected chi connectivity index (χ4v) is 1.98. The van der Waals surface area contributed by atoms with E-state index in [1.165, 1.54) is 12.1 Å². The quantitative estimate of drug-likeness (QED) is 0.194. The summed E-state index contributed by atoms with van der Waals surface area (Å²) >= 11 is 0. The van der Waals surface area contributed by atoms with Crippen molar-refractivity contribution in [3.8, 4) is 0 Å². The van der Waals surface area contributed by atoms with Crippen molar-refractivity contribution in [2.24, 2.45) is 16.8 Å². The average molecular weight is 294 g/mol. The van der Waals surface area contributed by atoms with Crippen LogP contribution in [0.5, 0.6) is 0 Å². The smallest absolute Gasteiger partial charge is 0.223 e. The normalized spacial score (nSPS) is 15.0. The van der Waals surface area contributed by atoms with Gasteiger partial charge in [-0.1, -0.05) is 11.2 Å². The zero-order valence-electron chi connectivity index (χ0n) is 11.6. The molecule has 7 heteroatoms. The highest BCUT2D eigenvalue weighted by Crippen LogP contribution is 2.28. The molecule has 6 nitrogen and oxygen atoms in total. The second-order valence-electron chi connectivity index (χ2n) is 5.03. The van der Waals surface area contributed by atoms with Gasteiger partial charge < -0.3 is 21.6 Å². The predicted octanol–water partition coefficient (Wildman–Crippen LogP) is 0.536. The van der Waals surface area contributed by atoms with Crippen molar-refractivity contribution >= 4 is 11.7 Å². The minimum Gasteiger partial charge on any atom is -0.409 e. The Kier molecular flexibility index (Phi) is 5.10. The number of amidine groups is 1. The third-order valence-corrected chi connectivity index (χ3v) is 3.32. The minimum atomic E-state index is -0.447. The van der Waals surface area contributed by atoms with Crippen LogP contribution in [0.25, 0.3) is 0 Å². The Morgan fingerprint density at radius 3 is 2.86 bits per heavy atom. The van der Waals surface area contributed by atoms with Gasteiger partial charge in [0.05, 0.1) is 0 Å².